The van der Waals surface area contributed by atoms with Crippen LogP contribution in [0.2, 0.25) is 10.0 Å². The number of aliphatic hydroxyl groups excluding tert-OH is 1. The predicted molar refractivity (Wildman–Crippen MR) is 135 cm³/mol. The van der Waals surface area contributed by atoms with Crippen LogP contribution in [0.4, 0.5) is 5.95 Å². The zero-order valence-corrected chi connectivity index (χ0v) is 20.7. The number of aliphatic hydroxyl groups is 1. The van der Waals surface area contributed by atoms with Crippen LogP contribution in [0, 0.1) is 0 Å². The number of carbonyl (C=O) groups is 2. The molecule has 0 bridgehead atoms. The molecule has 178 valence electrons. The first-order chi connectivity index (χ1) is 16.9. The lowest BCUT2D eigenvalue weighted by atomic mass is 9.99. The number of anilines is 1. The lowest BCUT2D eigenvalue weighted by molar-refractivity contribution is -0.132. The van der Waals surface area contributed by atoms with Crippen molar-refractivity contribution in [2.75, 3.05) is 19.1 Å². The van der Waals surface area contributed by atoms with Crippen LogP contribution in [-0.2, 0) is 9.59 Å². The molecule has 1 unspecified atom stereocenters. The highest BCUT2D eigenvalue weighted by Crippen LogP contribution is 2.48. The molecule has 0 saturated carbocycles. The average molecular weight is 530 g/mol. The third-order valence-corrected chi connectivity index (χ3v) is 7.21. The van der Waals surface area contributed by atoms with Crippen LogP contribution in [0.15, 0.2) is 53.4 Å². The van der Waals surface area contributed by atoms with Crippen LogP contribution in [-0.4, -0.2) is 41.0 Å². The van der Waals surface area contributed by atoms with E-state index in [1.807, 2.05) is 23.6 Å². The van der Waals surface area contributed by atoms with Gasteiger partial charge in [-0.15, -0.1) is 11.3 Å². The number of methoxy groups -OCH3 is 2. The highest BCUT2D eigenvalue weighted by atomic mass is 35.5. The lowest BCUT2D eigenvalue weighted by Gasteiger charge is -2.22. The number of fused-ring (bicyclic) bond motifs is 1. The maximum absolute atomic E-state index is 13.3. The highest BCUT2D eigenvalue weighted by molar-refractivity contribution is 7.10. The Bertz CT molecular complexity index is 1480. The van der Waals surface area contributed by atoms with Gasteiger partial charge in [-0.05, 0) is 29.6 Å². The van der Waals surface area contributed by atoms with Crippen LogP contribution in [0.25, 0.3) is 16.8 Å². The van der Waals surface area contributed by atoms with Crippen molar-refractivity contribution in [3.05, 3.63) is 73.9 Å². The molecule has 8 nitrogen and oxygen atoms in total. The molecule has 2 N–H and O–H groups in total. The molecule has 1 aliphatic heterocycles. The van der Waals surface area contributed by atoms with Gasteiger partial charge < -0.3 is 19.6 Å². The van der Waals surface area contributed by atoms with E-state index in [1.165, 1.54) is 36.5 Å². The number of Topliss-reactive ketones (excluding diaryl/α,β-unsaturated/α-hetero) is 1. The summed E-state index contributed by atoms with van der Waals surface area (Å²) in [6.45, 7) is 0. The van der Waals surface area contributed by atoms with Gasteiger partial charge in [0, 0.05) is 4.88 Å². The van der Waals surface area contributed by atoms with E-state index in [9.17, 15) is 14.7 Å². The molecule has 3 heterocycles. The minimum atomic E-state index is -0.945. The first kappa shape index (κ1) is 23.2. The van der Waals surface area contributed by atoms with Crippen molar-refractivity contribution in [3.63, 3.8) is 0 Å². The molecule has 2 aromatic heterocycles. The number of halogens is 2. The van der Waals surface area contributed by atoms with Gasteiger partial charge in [-0.3, -0.25) is 14.5 Å². The normalized spacial score (nSPS) is 17.4. The van der Waals surface area contributed by atoms with Crippen LogP contribution >= 0.6 is 34.5 Å². The fourth-order valence-corrected chi connectivity index (χ4v) is 5.62. The largest absolute Gasteiger partial charge is 0.507 e. The third-order valence-electron chi connectivity index (χ3n) is 5.66. The molecule has 11 heteroatoms. The van der Waals surface area contributed by atoms with E-state index < -0.39 is 23.5 Å². The summed E-state index contributed by atoms with van der Waals surface area (Å²) in [7, 11) is 2.75. The summed E-state index contributed by atoms with van der Waals surface area (Å²) in [6, 6.07) is 11.3. The van der Waals surface area contributed by atoms with Gasteiger partial charge in [-0.1, -0.05) is 41.4 Å². The first-order valence-electron chi connectivity index (χ1n) is 10.3. The second-order valence-electron chi connectivity index (χ2n) is 7.55. The monoisotopic (exact) mass is 529 g/mol. The number of nitrogens with zero attached hydrogens (tertiary/aromatic N) is 2. The Hall–Kier alpha value is -3.53. The zero-order valence-electron chi connectivity index (χ0n) is 18.3. The Labute approximate surface area is 213 Å². The van der Waals surface area contributed by atoms with Gasteiger partial charge in [-0.2, -0.15) is 0 Å². The fourth-order valence-electron chi connectivity index (χ4n) is 4.11. The number of H-pyrrole nitrogens is 1. The Kier molecular flexibility index (Phi) is 5.92. The van der Waals surface area contributed by atoms with Gasteiger partial charge in [0.1, 0.15) is 16.8 Å². The molecule has 2 aromatic carbocycles. The number of aromatic amines is 1. The van der Waals surface area contributed by atoms with E-state index in [0.717, 1.165) is 0 Å². The van der Waals surface area contributed by atoms with E-state index in [4.69, 9.17) is 32.7 Å². The van der Waals surface area contributed by atoms with Crippen molar-refractivity contribution in [1.29, 1.82) is 0 Å². The molecule has 1 saturated heterocycles. The van der Waals surface area contributed by atoms with Gasteiger partial charge in [0.2, 0.25) is 5.95 Å². The quantitative estimate of drug-likeness (QED) is 0.199. The molecule has 4 aromatic rings. The summed E-state index contributed by atoms with van der Waals surface area (Å²) in [5.41, 5.74) is 1.23. The van der Waals surface area contributed by atoms with Gasteiger partial charge in [0.05, 0.1) is 41.4 Å². The van der Waals surface area contributed by atoms with E-state index in [2.05, 4.69) is 9.97 Å². The highest BCUT2D eigenvalue weighted by Gasteiger charge is 2.49. The van der Waals surface area contributed by atoms with Crippen molar-refractivity contribution in [2.45, 2.75) is 6.04 Å². The Balaban J connectivity index is 1.76. The number of imidazole rings is 1. The first-order valence-corrected chi connectivity index (χ1v) is 11.9. The summed E-state index contributed by atoms with van der Waals surface area (Å²) < 4.78 is 10.6. The molecular formula is C24H17Cl2N3O5S. The molecule has 0 radical (unpaired) electrons. The van der Waals surface area contributed by atoms with Gasteiger partial charge >= 0.3 is 5.91 Å². The minimum absolute atomic E-state index is 0.0169. The fraction of sp³-hybridized carbons (Fsp3) is 0.125. The third kappa shape index (κ3) is 3.63. The second kappa shape index (κ2) is 8.92. The number of para-hydroxylation sites is 2. The number of nitrogens with one attached hydrogen (secondary N) is 1. The van der Waals surface area contributed by atoms with E-state index >= 15 is 0 Å². The van der Waals surface area contributed by atoms with Gasteiger partial charge in [0.25, 0.3) is 5.78 Å². The maximum atomic E-state index is 13.3. The molecule has 0 spiro atoms. The number of rotatable bonds is 5. The Morgan fingerprint density at radius 3 is 2.51 bits per heavy atom. The molecular weight excluding hydrogens is 513 g/mol. The van der Waals surface area contributed by atoms with Crippen LogP contribution in [0.5, 0.6) is 11.5 Å². The molecule has 5 rings (SSSR count). The van der Waals surface area contributed by atoms with Crippen molar-refractivity contribution in [3.8, 4) is 11.5 Å². The molecule has 0 aliphatic carbocycles. The molecule has 1 atom stereocenters. The summed E-state index contributed by atoms with van der Waals surface area (Å²) in [4.78, 5) is 36.1. The number of aromatic nitrogens is 2. The summed E-state index contributed by atoms with van der Waals surface area (Å²) in [6.07, 6.45) is 0. The summed E-state index contributed by atoms with van der Waals surface area (Å²) in [5, 5.41) is 13.4. The molecule has 1 amide bonds. The lowest BCUT2D eigenvalue weighted by Crippen LogP contribution is -2.30. The summed E-state index contributed by atoms with van der Waals surface area (Å²) in [5.74, 6) is -1.82. The number of benzene rings is 2. The van der Waals surface area contributed by atoms with Crippen LogP contribution < -0.4 is 14.4 Å². The number of hydrogen-bond donors (Lipinski definition) is 2. The predicted octanol–water partition coefficient (Wildman–Crippen LogP) is 5.57. The number of carbonyl (C=O) groups excluding carboxylic acids is 2. The van der Waals surface area contributed by atoms with Crippen molar-refractivity contribution < 1.29 is 24.2 Å². The van der Waals surface area contributed by atoms with E-state index in [1.54, 1.807) is 18.2 Å². The smallest absolute Gasteiger partial charge is 0.302 e. The van der Waals surface area contributed by atoms with E-state index in [-0.39, 0.29) is 38.6 Å². The molecule has 35 heavy (non-hydrogen) atoms. The minimum Gasteiger partial charge on any atom is -0.507 e. The Morgan fingerprint density at radius 1 is 1.11 bits per heavy atom. The number of hydrogen-bond acceptors (Lipinski definition) is 7. The zero-order chi connectivity index (χ0) is 24.9. The van der Waals surface area contributed by atoms with Crippen molar-refractivity contribution >= 4 is 69.0 Å². The summed E-state index contributed by atoms with van der Waals surface area (Å²) >= 11 is 14.0. The number of thiophene rings is 1. The second-order valence-corrected chi connectivity index (χ2v) is 9.31. The van der Waals surface area contributed by atoms with Gasteiger partial charge in [0.15, 0.2) is 11.5 Å². The van der Waals surface area contributed by atoms with Crippen molar-refractivity contribution in [2.24, 2.45) is 0 Å². The number of ketones is 1. The van der Waals surface area contributed by atoms with Gasteiger partial charge in [-0.25, -0.2) is 4.98 Å². The number of amides is 1. The molecule has 1 aliphatic rings. The Morgan fingerprint density at radius 2 is 1.86 bits per heavy atom. The average Bonchev–Trinajstić information content (AvgIpc) is 3.57. The van der Waals surface area contributed by atoms with Crippen LogP contribution in [0.3, 0.4) is 0 Å². The SMILES string of the molecule is COc1c(Cl)cc(/C(O)=C2\C(=O)C(=O)N(c3nc4ccccc4[nH]3)C2c2cccs2)c(OC)c1Cl. The topological polar surface area (TPSA) is 105 Å². The van der Waals surface area contributed by atoms with Crippen molar-refractivity contribution in [1.82, 2.24) is 9.97 Å². The van der Waals surface area contributed by atoms with E-state index in [0.29, 0.717) is 15.9 Å². The maximum Gasteiger partial charge on any atom is 0.302 e. The van der Waals surface area contributed by atoms with Crippen LogP contribution in [0.1, 0.15) is 16.5 Å². The molecule has 1 fully saturated rings. The number of ether oxygens (including phenoxy) is 2. The standard InChI is InChI=1S/C24H17Cl2N3O5S/c1-33-21-11(10-12(25)22(34-2)17(21)26)19(30)16-18(15-8-5-9-35-15)29(23(32)20(16)31)24-27-13-6-3-4-7-14(13)28-24/h3-10,18,30H,1-2H3,(H,27,28)/b19-16+.